The number of benzene rings is 1. The van der Waals surface area contributed by atoms with Gasteiger partial charge in [0.05, 0.1) is 22.2 Å². The zero-order valence-electron chi connectivity index (χ0n) is 13.3. The van der Waals surface area contributed by atoms with Crippen LogP contribution in [0.5, 0.6) is 0 Å². The molecular weight excluding hydrogens is 298 g/mol. The van der Waals surface area contributed by atoms with Gasteiger partial charge >= 0.3 is 0 Å². The lowest BCUT2D eigenvalue weighted by Gasteiger charge is -2.23. The molecule has 1 aliphatic heterocycles. The first-order valence-corrected chi connectivity index (χ1v) is 8.51. The summed E-state index contributed by atoms with van der Waals surface area (Å²) in [4.78, 5) is 7.84. The Morgan fingerprint density at radius 3 is 2.79 bits per heavy atom. The molecule has 5 nitrogen and oxygen atoms in total. The molecule has 120 valence electrons. The van der Waals surface area contributed by atoms with Crippen molar-refractivity contribution < 1.29 is 0 Å². The first-order valence-electron chi connectivity index (χ1n) is 8.51. The molecule has 0 bridgehead atoms. The van der Waals surface area contributed by atoms with Crippen molar-refractivity contribution in [1.82, 2.24) is 25.5 Å². The minimum absolute atomic E-state index is 0.641. The van der Waals surface area contributed by atoms with Crippen molar-refractivity contribution in [3.63, 3.8) is 0 Å². The standard InChI is InChI=1S/C19H19N5/c1-2-16-17(21-7-1)11-18(22-16)19-14-10-13(3-4-15(14)23-24-19)12-5-8-20-9-6-12/h1-4,7,10-12,20,22H,5-6,8-9H2,(H,23,24). The van der Waals surface area contributed by atoms with Crippen molar-refractivity contribution in [2.75, 3.05) is 13.1 Å². The van der Waals surface area contributed by atoms with Gasteiger partial charge in [-0.05, 0) is 67.7 Å². The molecule has 0 aliphatic carbocycles. The predicted octanol–water partition coefficient (Wildman–Crippen LogP) is 3.57. The highest BCUT2D eigenvalue weighted by atomic mass is 15.1. The molecule has 0 unspecified atom stereocenters. The molecule has 0 atom stereocenters. The molecule has 0 spiro atoms. The Morgan fingerprint density at radius 2 is 1.92 bits per heavy atom. The van der Waals surface area contributed by atoms with E-state index in [1.807, 2.05) is 18.3 Å². The van der Waals surface area contributed by atoms with Gasteiger partial charge in [-0.15, -0.1) is 0 Å². The van der Waals surface area contributed by atoms with Gasteiger partial charge in [0.1, 0.15) is 5.69 Å². The molecule has 4 aromatic rings. The fraction of sp³-hybridized carbons (Fsp3) is 0.263. The van der Waals surface area contributed by atoms with Crippen LogP contribution in [0.2, 0.25) is 0 Å². The van der Waals surface area contributed by atoms with E-state index in [1.54, 1.807) is 0 Å². The van der Waals surface area contributed by atoms with Crippen molar-refractivity contribution in [3.8, 4) is 11.4 Å². The maximum Gasteiger partial charge on any atom is 0.116 e. The zero-order chi connectivity index (χ0) is 15.9. The van der Waals surface area contributed by atoms with Gasteiger partial charge in [0.15, 0.2) is 0 Å². The lowest BCUT2D eigenvalue weighted by atomic mass is 9.89. The Balaban J connectivity index is 1.62. The molecule has 0 amide bonds. The molecule has 4 heterocycles. The van der Waals surface area contributed by atoms with Gasteiger partial charge in [-0.1, -0.05) is 6.07 Å². The third kappa shape index (κ3) is 2.20. The van der Waals surface area contributed by atoms with Gasteiger partial charge in [-0.2, -0.15) is 5.10 Å². The van der Waals surface area contributed by atoms with Gasteiger partial charge in [0.25, 0.3) is 0 Å². The third-order valence-corrected chi connectivity index (χ3v) is 5.04. The van der Waals surface area contributed by atoms with Crippen LogP contribution in [0.3, 0.4) is 0 Å². The lowest BCUT2D eigenvalue weighted by molar-refractivity contribution is 0.460. The number of hydrogen-bond acceptors (Lipinski definition) is 3. The summed E-state index contributed by atoms with van der Waals surface area (Å²) in [6.45, 7) is 2.21. The number of fused-ring (bicyclic) bond motifs is 2. The summed E-state index contributed by atoms with van der Waals surface area (Å²) in [6, 6.07) is 12.8. The Bertz CT molecular complexity index is 974. The van der Waals surface area contributed by atoms with E-state index in [2.05, 4.69) is 49.7 Å². The fourth-order valence-corrected chi connectivity index (χ4v) is 3.73. The molecule has 3 N–H and O–H groups in total. The van der Waals surface area contributed by atoms with Crippen LogP contribution < -0.4 is 5.32 Å². The summed E-state index contributed by atoms with van der Waals surface area (Å²) in [5, 5.41) is 12.3. The lowest BCUT2D eigenvalue weighted by Crippen LogP contribution is -2.26. The molecule has 5 heteroatoms. The van der Waals surface area contributed by atoms with Gasteiger partial charge in [0, 0.05) is 11.6 Å². The monoisotopic (exact) mass is 317 g/mol. The summed E-state index contributed by atoms with van der Waals surface area (Å²) in [7, 11) is 0. The molecule has 1 aliphatic rings. The van der Waals surface area contributed by atoms with Gasteiger partial charge in [0.2, 0.25) is 0 Å². The summed E-state index contributed by atoms with van der Waals surface area (Å²) in [5.74, 6) is 0.641. The summed E-state index contributed by atoms with van der Waals surface area (Å²) in [6.07, 6.45) is 4.22. The first-order chi connectivity index (χ1) is 11.9. The van der Waals surface area contributed by atoms with Crippen molar-refractivity contribution in [3.05, 3.63) is 48.2 Å². The summed E-state index contributed by atoms with van der Waals surface area (Å²) >= 11 is 0. The number of nitrogens with one attached hydrogen (secondary N) is 3. The second kappa shape index (κ2) is 5.46. The van der Waals surface area contributed by atoms with Gasteiger partial charge in [-0.3, -0.25) is 10.1 Å². The third-order valence-electron chi connectivity index (χ3n) is 5.04. The van der Waals surface area contributed by atoms with E-state index in [1.165, 1.54) is 23.8 Å². The van der Waals surface area contributed by atoms with E-state index in [9.17, 15) is 0 Å². The number of nitrogens with zero attached hydrogens (tertiary/aromatic N) is 2. The average Bonchev–Trinajstić information content (AvgIpc) is 3.25. The largest absolute Gasteiger partial charge is 0.352 e. The van der Waals surface area contributed by atoms with Crippen LogP contribution in [-0.4, -0.2) is 33.3 Å². The highest BCUT2D eigenvalue weighted by Gasteiger charge is 2.17. The van der Waals surface area contributed by atoms with Crippen molar-refractivity contribution in [1.29, 1.82) is 0 Å². The fourth-order valence-electron chi connectivity index (χ4n) is 3.73. The SMILES string of the molecule is c1cnc2cc(-c3n[nH]c4ccc(C5CCNCC5)cc34)[nH]c2c1. The van der Waals surface area contributed by atoms with E-state index in [4.69, 9.17) is 0 Å². The highest BCUT2D eigenvalue weighted by Crippen LogP contribution is 2.32. The van der Waals surface area contributed by atoms with Crippen molar-refractivity contribution in [2.45, 2.75) is 18.8 Å². The Morgan fingerprint density at radius 1 is 1.00 bits per heavy atom. The van der Waals surface area contributed by atoms with E-state index in [-0.39, 0.29) is 0 Å². The first kappa shape index (κ1) is 13.7. The predicted molar refractivity (Wildman–Crippen MR) is 96.0 cm³/mol. The van der Waals surface area contributed by atoms with Crippen LogP contribution in [0.4, 0.5) is 0 Å². The van der Waals surface area contributed by atoms with Crippen LogP contribution in [0.1, 0.15) is 24.3 Å². The minimum Gasteiger partial charge on any atom is -0.352 e. The van der Waals surface area contributed by atoms with E-state index < -0.39 is 0 Å². The second-order valence-electron chi connectivity index (χ2n) is 6.52. The van der Waals surface area contributed by atoms with E-state index >= 15 is 0 Å². The Kier molecular flexibility index (Phi) is 3.13. The number of aromatic nitrogens is 4. The average molecular weight is 317 g/mol. The van der Waals surface area contributed by atoms with Crippen LogP contribution in [0.15, 0.2) is 42.6 Å². The Hall–Kier alpha value is -2.66. The van der Waals surface area contributed by atoms with Crippen LogP contribution in [0.25, 0.3) is 33.3 Å². The topological polar surface area (TPSA) is 69.4 Å². The van der Waals surface area contributed by atoms with Crippen LogP contribution >= 0.6 is 0 Å². The molecule has 0 saturated carbocycles. The maximum atomic E-state index is 4.55. The zero-order valence-corrected chi connectivity index (χ0v) is 13.3. The molecule has 0 radical (unpaired) electrons. The molecule has 1 aromatic carbocycles. The number of H-pyrrole nitrogens is 2. The number of aromatic amines is 2. The van der Waals surface area contributed by atoms with Crippen molar-refractivity contribution >= 4 is 21.9 Å². The summed E-state index contributed by atoms with van der Waals surface area (Å²) in [5.41, 5.74) is 6.49. The normalized spacial score (nSPS) is 16.2. The molecule has 5 rings (SSSR count). The molecule has 3 aromatic heterocycles. The number of rotatable bonds is 2. The number of piperidine rings is 1. The van der Waals surface area contributed by atoms with Gasteiger partial charge in [-0.25, -0.2) is 0 Å². The van der Waals surface area contributed by atoms with Crippen LogP contribution in [0, 0.1) is 0 Å². The number of hydrogen-bond donors (Lipinski definition) is 3. The van der Waals surface area contributed by atoms with E-state index in [0.717, 1.165) is 41.0 Å². The second-order valence-corrected chi connectivity index (χ2v) is 6.52. The summed E-state index contributed by atoms with van der Waals surface area (Å²) < 4.78 is 0. The maximum absolute atomic E-state index is 4.55. The smallest absolute Gasteiger partial charge is 0.116 e. The van der Waals surface area contributed by atoms with Crippen molar-refractivity contribution in [2.24, 2.45) is 0 Å². The molecule has 24 heavy (non-hydrogen) atoms. The quantitative estimate of drug-likeness (QED) is 0.529. The molecule has 1 saturated heterocycles. The van der Waals surface area contributed by atoms with E-state index in [0.29, 0.717) is 5.92 Å². The van der Waals surface area contributed by atoms with Gasteiger partial charge < -0.3 is 10.3 Å². The highest BCUT2D eigenvalue weighted by molar-refractivity contribution is 5.95. The molecular formula is C19H19N5. The Labute approximate surface area is 139 Å². The number of pyridine rings is 1. The molecule has 1 fully saturated rings. The van der Waals surface area contributed by atoms with Crippen LogP contribution in [-0.2, 0) is 0 Å². The minimum atomic E-state index is 0.641.